The van der Waals surface area contributed by atoms with Crippen LogP contribution in [0, 0.1) is 0 Å². The maximum absolute atomic E-state index is 15.5. The molecule has 0 fully saturated rings. The molecule has 0 aliphatic carbocycles. The quantitative estimate of drug-likeness (QED) is 0.101. The Balaban J connectivity index is 1.49. The lowest BCUT2D eigenvalue weighted by Gasteiger charge is -2.20. The molecule has 0 spiro atoms. The molecule has 0 unspecified atom stereocenters. The Hall–Kier alpha value is -5.23. The Kier molecular flexibility index (Phi) is 7.47. The van der Waals surface area contributed by atoms with E-state index >= 15 is 4.39 Å². The molecule has 6 heteroatoms. The summed E-state index contributed by atoms with van der Waals surface area (Å²) in [4.78, 5) is 0. The smallest absolute Gasteiger partial charge is 0.197 e. The Morgan fingerprint density at radius 1 is 0.660 bits per heavy atom. The van der Waals surface area contributed by atoms with Gasteiger partial charge in [-0.15, -0.1) is 0 Å². The molecule has 7 rings (SSSR count). The van der Waals surface area contributed by atoms with E-state index in [-0.39, 0.29) is 11.0 Å². The maximum Gasteiger partial charge on any atom is 0.197 e. The summed E-state index contributed by atoms with van der Waals surface area (Å²) in [6.45, 7) is 6.83. The lowest BCUT2D eigenvalue weighted by molar-refractivity contribution is 0.291. The van der Waals surface area contributed by atoms with Crippen molar-refractivity contribution in [2.45, 2.75) is 19.3 Å². The van der Waals surface area contributed by atoms with E-state index in [9.17, 15) is 17.6 Å². The molecule has 234 valence electrons. The highest BCUT2D eigenvalue weighted by atomic mass is 19.2. The van der Waals surface area contributed by atoms with Gasteiger partial charge in [-0.05, 0) is 72.3 Å². The third kappa shape index (κ3) is 4.91. The Bertz CT molecular complexity index is 2270. The summed E-state index contributed by atoms with van der Waals surface area (Å²) in [5, 5.41) is 4.58. The van der Waals surface area contributed by atoms with Gasteiger partial charge in [-0.1, -0.05) is 111 Å². The first-order chi connectivity index (χ1) is 22.6. The number of alkyl halides is 1. The molecule has 0 bridgehead atoms. The Labute approximate surface area is 268 Å². The second-order valence-corrected chi connectivity index (χ2v) is 12.4. The third-order valence-corrected chi connectivity index (χ3v) is 9.04. The minimum atomic E-state index is -2.22. The van der Waals surface area contributed by atoms with Gasteiger partial charge in [0.15, 0.2) is 23.3 Å². The molecular formula is C41H29F5O. The van der Waals surface area contributed by atoms with Crippen molar-refractivity contribution >= 4 is 37.9 Å². The van der Waals surface area contributed by atoms with Crippen LogP contribution in [0.15, 0.2) is 133 Å². The number of rotatable bonds is 6. The largest absolute Gasteiger partial charge is 0.492 e. The van der Waals surface area contributed by atoms with Gasteiger partial charge in [-0.25, -0.2) is 22.0 Å². The molecule has 47 heavy (non-hydrogen) atoms. The molecule has 0 atom stereocenters. The molecule has 6 aromatic carbocycles. The average Bonchev–Trinajstić information content (AvgIpc) is 3.41. The predicted molar refractivity (Wildman–Crippen MR) is 182 cm³/mol. The van der Waals surface area contributed by atoms with Crippen LogP contribution in [0.4, 0.5) is 22.0 Å². The SMILES string of the molecule is C=C(/C(F)=C(F)\C(F)=C(\F)CF)c1c2ccccc2c(-c2cccc3c(-c4ccc5c(c4)C(C)(C)CO5)cccc23)c2ccccc12. The molecule has 0 saturated carbocycles. The zero-order valence-electron chi connectivity index (χ0n) is 25.7. The van der Waals surface area contributed by atoms with Crippen LogP contribution in [-0.2, 0) is 5.41 Å². The lowest BCUT2D eigenvalue weighted by Crippen LogP contribution is -2.18. The second-order valence-electron chi connectivity index (χ2n) is 12.4. The zero-order valence-corrected chi connectivity index (χ0v) is 25.7. The standard InChI is InChI=1S/C41H29F5O/c1-23(38(44)40(46)39(45)34(43)21-42)36-29-10-4-6-12-31(29)37(32-13-7-5-11-30(32)36)28-17-9-15-26-25(14-8-16-27(26)28)24-18-19-35-33(20-24)41(2,3)22-47-35/h4-20H,1,21-22H2,2-3H3/b39-34-,40-38-. The number of fused-ring (bicyclic) bond motifs is 4. The van der Waals surface area contributed by atoms with Crippen molar-refractivity contribution in [2.24, 2.45) is 0 Å². The van der Waals surface area contributed by atoms with Crippen molar-refractivity contribution in [2.75, 3.05) is 13.3 Å². The maximum atomic E-state index is 15.5. The van der Waals surface area contributed by atoms with Gasteiger partial charge in [0.05, 0.1) is 6.61 Å². The molecule has 0 saturated heterocycles. The van der Waals surface area contributed by atoms with E-state index in [0.29, 0.717) is 17.4 Å². The van der Waals surface area contributed by atoms with Crippen LogP contribution >= 0.6 is 0 Å². The normalized spacial score (nSPS) is 15.0. The highest BCUT2D eigenvalue weighted by Crippen LogP contribution is 2.47. The molecule has 1 aliphatic rings. The van der Waals surface area contributed by atoms with Crippen LogP contribution in [0.1, 0.15) is 25.0 Å². The first-order valence-electron chi connectivity index (χ1n) is 15.2. The second kappa shape index (κ2) is 11.5. The number of hydrogen-bond donors (Lipinski definition) is 0. The molecule has 0 N–H and O–H groups in total. The zero-order chi connectivity index (χ0) is 33.0. The van der Waals surface area contributed by atoms with E-state index in [1.54, 1.807) is 24.3 Å². The van der Waals surface area contributed by atoms with Gasteiger partial charge in [0.25, 0.3) is 0 Å². The summed E-state index contributed by atoms with van der Waals surface area (Å²) in [6, 6.07) is 33.2. The first kappa shape index (κ1) is 30.4. The highest BCUT2D eigenvalue weighted by Gasteiger charge is 2.32. The van der Waals surface area contributed by atoms with Crippen LogP contribution in [0.5, 0.6) is 5.75 Å². The molecule has 0 amide bonds. The van der Waals surface area contributed by atoms with Crippen molar-refractivity contribution in [3.63, 3.8) is 0 Å². The van der Waals surface area contributed by atoms with E-state index in [0.717, 1.165) is 55.1 Å². The van der Waals surface area contributed by atoms with Crippen molar-refractivity contribution < 1.29 is 26.7 Å². The molecule has 0 radical (unpaired) electrons. The number of benzene rings is 6. The number of halogens is 5. The minimum absolute atomic E-state index is 0.105. The van der Waals surface area contributed by atoms with E-state index < -0.39 is 35.6 Å². The van der Waals surface area contributed by atoms with Gasteiger partial charge in [-0.3, -0.25) is 0 Å². The third-order valence-electron chi connectivity index (χ3n) is 9.04. The summed E-state index contributed by atoms with van der Waals surface area (Å²) in [7, 11) is 0. The Morgan fingerprint density at radius 3 is 1.83 bits per heavy atom. The van der Waals surface area contributed by atoms with Gasteiger partial charge in [0.1, 0.15) is 12.4 Å². The van der Waals surface area contributed by atoms with Gasteiger partial charge in [0.2, 0.25) is 0 Å². The van der Waals surface area contributed by atoms with Crippen molar-refractivity contribution in [3.8, 4) is 28.0 Å². The van der Waals surface area contributed by atoms with Gasteiger partial charge < -0.3 is 4.74 Å². The highest BCUT2D eigenvalue weighted by molar-refractivity contribution is 6.22. The summed E-state index contributed by atoms with van der Waals surface area (Å²) < 4.78 is 76.6. The van der Waals surface area contributed by atoms with Crippen LogP contribution in [0.3, 0.4) is 0 Å². The summed E-state index contributed by atoms with van der Waals surface area (Å²) in [6.07, 6.45) is 0. The van der Waals surface area contributed by atoms with Crippen molar-refractivity contribution in [1.29, 1.82) is 0 Å². The molecular weight excluding hydrogens is 603 g/mol. The summed E-state index contributed by atoms with van der Waals surface area (Å²) in [5.74, 6) is -7.18. The van der Waals surface area contributed by atoms with E-state index in [2.05, 4.69) is 50.8 Å². The minimum Gasteiger partial charge on any atom is -0.492 e. The van der Waals surface area contributed by atoms with Crippen molar-refractivity contribution in [3.05, 3.63) is 144 Å². The number of hydrogen-bond acceptors (Lipinski definition) is 1. The van der Waals surface area contributed by atoms with E-state index in [1.807, 2.05) is 48.5 Å². The molecule has 6 aromatic rings. The lowest BCUT2D eigenvalue weighted by atomic mass is 9.83. The average molecular weight is 633 g/mol. The van der Waals surface area contributed by atoms with Gasteiger partial charge in [0, 0.05) is 16.6 Å². The fourth-order valence-corrected chi connectivity index (χ4v) is 6.73. The fraction of sp³-hybridized carbons (Fsp3) is 0.122. The summed E-state index contributed by atoms with van der Waals surface area (Å²) >= 11 is 0. The van der Waals surface area contributed by atoms with Crippen LogP contribution in [0.2, 0.25) is 0 Å². The van der Waals surface area contributed by atoms with Gasteiger partial charge >= 0.3 is 0 Å². The summed E-state index contributed by atoms with van der Waals surface area (Å²) in [5.41, 5.74) is 4.74. The topological polar surface area (TPSA) is 9.23 Å². The number of ether oxygens (including phenoxy) is 1. The molecule has 0 aromatic heterocycles. The van der Waals surface area contributed by atoms with Crippen LogP contribution < -0.4 is 4.74 Å². The first-order valence-corrected chi connectivity index (χ1v) is 15.2. The Morgan fingerprint density at radius 2 is 1.21 bits per heavy atom. The number of allylic oxidation sites excluding steroid dienone is 5. The monoisotopic (exact) mass is 632 g/mol. The van der Waals surface area contributed by atoms with Crippen LogP contribution in [-0.4, -0.2) is 13.3 Å². The predicted octanol–water partition coefficient (Wildman–Crippen LogP) is 12.4. The fourth-order valence-electron chi connectivity index (χ4n) is 6.73. The molecule has 1 aliphatic heterocycles. The van der Waals surface area contributed by atoms with Crippen molar-refractivity contribution in [1.82, 2.24) is 0 Å². The van der Waals surface area contributed by atoms with Gasteiger partial charge in [-0.2, -0.15) is 0 Å². The van der Waals surface area contributed by atoms with E-state index in [1.165, 1.54) is 0 Å². The molecule has 1 heterocycles. The van der Waals surface area contributed by atoms with E-state index in [4.69, 9.17) is 4.74 Å². The molecule has 1 nitrogen and oxygen atoms in total. The van der Waals surface area contributed by atoms with Crippen LogP contribution in [0.25, 0.3) is 60.1 Å².